The minimum atomic E-state index is -1.68. The molecule has 2 aromatic rings. The molecule has 23 heavy (non-hydrogen) atoms. The van der Waals surface area contributed by atoms with Crippen molar-refractivity contribution in [2.45, 2.75) is 38.8 Å². The van der Waals surface area contributed by atoms with Crippen LogP contribution >= 0.6 is 0 Å². The molecule has 3 nitrogen and oxygen atoms in total. The average molecular weight is 334 g/mol. The molecule has 2 heterocycles. The Labute approximate surface area is 137 Å². The standard InChI is InChI=1S/C18H23FO3Si/c1-18(20-9-10-21-18)16-12-15(22-17(16)23(2,3)4)11-13-5-7-14(19)8-6-13/h5-8,12H,9-11H2,1-4H3. The van der Waals surface area contributed by atoms with E-state index < -0.39 is 13.9 Å². The van der Waals surface area contributed by atoms with E-state index >= 15 is 0 Å². The van der Waals surface area contributed by atoms with E-state index in [1.54, 1.807) is 12.1 Å². The largest absolute Gasteiger partial charge is 0.470 e. The maximum atomic E-state index is 13.1. The number of hydrogen-bond acceptors (Lipinski definition) is 3. The number of hydrogen-bond donors (Lipinski definition) is 0. The number of halogens is 1. The van der Waals surface area contributed by atoms with Crippen molar-refractivity contribution in [1.29, 1.82) is 0 Å². The van der Waals surface area contributed by atoms with Gasteiger partial charge in [0.25, 0.3) is 0 Å². The van der Waals surface area contributed by atoms with Gasteiger partial charge in [0, 0.05) is 12.0 Å². The monoisotopic (exact) mass is 334 g/mol. The highest BCUT2D eigenvalue weighted by atomic mass is 28.3. The Morgan fingerprint density at radius 3 is 2.26 bits per heavy atom. The molecule has 124 valence electrons. The molecular formula is C18H23FO3Si. The molecule has 0 N–H and O–H groups in total. The molecular weight excluding hydrogens is 311 g/mol. The van der Waals surface area contributed by atoms with Gasteiger partial charge in [-0.25, -0.2) is 4.39 Å². The fraction of sp³-hybridized carbons (Fsp3) is 0.444. The van der Waals surface area contributed by atoms with Crippen molar-refractivity contribution in [2.75, 3.05) is 13.2 Å². The molecule has 0 unspecified atom stereocenters. The SMILES string of the molecule is CC1(c2cc(Cc3ccc(F)cc3)oc2[Si](C)(C)C)OCCO1. The highest BCUT2D eigenvalue weighted by molar-refractivity contribution is 6.88. The minimum absolute atomic E-state index is 0.225. The second kappa shape index (κ2) is 5.89. The summed E-state index contributed by atoms with van der Waals surface area (Å²) in [7, 11) is -1.68. The van der Waals surface area contributed by atoms with Crippen molar-refractivity contribution in [3.63, 3.8) is 0 Å². The van der Waals surface area contributed by atoms with Crippen molar-refractivity contribution in [2.24, 2.45) is 0 Å². The highest BCUT2D eigenvalue weighted by Gasteiger charge is 2.40. The van der Waals surface area contributed by atoms with Crippen LogP contribution in [-0.4, -0.2) is 21.3 Å². The van der Waals surface area contributed by atoms with E-state index in [0.717, 1.165) is 22.3 Å². The molecule has 5 heteroatoms. The van der Waals surface area contributed by atoms with Crippen LogP contribution in [0.4, 0.5) is 4.39 Å². The van der Waals surface area contributed by atoms with Gasteiger partial charge < -0.3 is 13.9 Å². The Hall–Kier alpha value is -1.43. The topological polar surface area (TPSA) is 31.6 Å². The van der Waals surface area contributed by atoms with Crippen molar-refractivity contribution in [3.8, 4) is 0 Å². The summed E-state index contributed by atoms with van der Waals surface area (Å²) in [6.45, 7) is 9.89. The van der Waals surface area contributed by atoms with E-state index in [2.05, 4.69) is 19.6 Å². The maximum Gasteiger partial charge on any atom is 0.195 e. The van der Waals surface area contributed by atoms with Crippen LogP contribution < -0.4 is 5.38 Å². The lowest BCUT2D eigenvalue weighted by Crippen LogP contribution is -2.43. The molecule has 0 bridgehead atoms. The summed E-state index contributed by atoms with van der Waals surface area (Å²) in [4.78, 5) is 0. The van der Waals surface area contributed by atoms with Crippen molar-refractivity contribution in [1.82, 2.24) is 0 Å². The predicted molar refractivity (Wildman–Crippen MR) is 90.2 cm³/mol. The van der Waals surface area contributed by atoms with Crippen LogP contribution in [0.2, 0.25) is 19.6 Å². The Morgan fingerprint density at radius 1 is 1.09 bits per heavy atom. The van der Waals surface area contributed by atoms with Crippen LogP contribution in [0.1, 0.15) is 23.8 Å². The molecule has 0 atom stereocenters. The van der Waals surface area contributed by atoms with Gasteiger partial charge in [0.2, 0.25) is 0 Å². The quantitative estimate of drug-likeness (QED) is 0.798. The highest BCUT2D eigenvalue weighted by Crippen LogP contribution is 2.33. The van der Waals surface area contributed by atoms with E-state index in [0.29, 0.717) is 19.6 Å². The summed E-state index contributed by atoms with van der Waals surface area (Å²) < 4.78 is 30.9. The van der Waals surface area contributed by atoms with Gasteiger partial charge in [-0.05, 0) is 30.7 Å². The van der Waals surface area contributed by atoms with Gasteiger partial charge in [-0.3, -0.25) is 0 Å². The lowest BCUT2D eigenvalue weighted by atomic mass is 10.1. The Kier molecular flexibility index (Phi) is 4.21. The van der Waals surface area contributed by atoms with Gasteiger partial charge in [0.05, 0.1) is 18.6 Å². The maximum absolute atomic E-state index is 13.1. The Balaban J connectivity index is 1.96. The second-order valence-corrected chi connectivity index (χ2v) is 12.1. The third kappa shape index (κ3) is 3.41. The van der Waals surface area contributed by atoms with Crippen LogP contribution in [0, 0.1) is 5.82 Å². The number of furan rings is 1. The van der Waals surface area contributed by atoms with E-state index in [9.17, 15) is 4.39 Å². The van der Waals surface area contributed by atoms with Crippen LogP contribution in [0.15, 0.2) is 34.7 Å². The summed E-state index contributed by atoms with van der Waals surface area (Å²) in [6, 6.07) is 8.57. The average Bonchev–Trinajstić information content (AvgIpc) is 3.08. The summed E-state index contributed by atoms with van der Waals surface area (Å²) in [6.07, 6.45) is 0.633. The zero-order chi connectivity index (χ0) is 16.7. The Morgan fingerprint density at radius 2 is 1.70 bits per heavy atom. The molecule has 0 spiro atoms. The van der Waals surface area contributed by atoms with Crippen molar-refractivity contribution < 1.29 is 18.3 Å². The fourth-order valence-corrected chi connectivity index (χ4v) is 4.44. The van der Waals surface area contributed by atoms with E-state index in [1.165, 1.54) is 12.1 Å². The van der Waals surface area contributed by atoms with Crippen molar-refractivity contribution >= 4 is 13.5 Å². The molecule has 0 saturated carbocycles. The van der Waals surface area contributed by atoms with E-state index in [-0.39, 0.29) is 5.82 Å². The zero-order valence-corrected chi connectivity index (χ0v) is 15.1. The first-order valence-corrected chi connectivity index (χ1v) is 11.4. The lowest BCUT2D eigenvalue weighted by Gasteiger charge is -2.25. The second-order valence-electron chi connectivity index (χ2n) is 7.15. The summed E-state index contributed by atoms with van der Waals surface area (Å²) >= 11 is 0. The van der Waals surface area contributed by atoms with Gasteiger partial charge in [-0.1, -0.05) is 31.8 Å². The first kappa shape index (κ1) is 16.4. The van der Waals surface area contributed by atoms with Gasteiger partial charge in [0.1, 0.15) is 19.7 Å². The third-order valence-corrected chi connectivity index (χ3v) is 5.82. The predicted octanol–water partition coefficient (Wildman–Crippen LogP) is 3.77. The van der Waals surface area contributed by atoms with Crippen LogP contribution in [-0.2, 0) is 21.7 Å². The number of benzene rings is 1. The molecule has 0 aliphatic carbocycles. The minimum Gasteiger partial charge on any atom is -0.470 e. The van der Waals surface area contributed by atoms with Gasteiger partial charge >= 0.3 is 0 Å². The normalized spacial score (nSPS) is 17.6. The van der Waals surface area contributed by atoms with E-state index in [4.69, 9.17) is 13.9 Å². The third-order valence-electron chi connectivity index (χ3n) is 4.08. The molecule has 1 saturated heterocycles. The zero-order valence-electron chi connectivity index (χ0n) is 14.1. The summed E-state index contributed by atoms with van der Waals surface area (Å²) in [5.74, 6) is -0.0820. The number of rotatable bonds is 4. The molecule has 1 aromatic carbocycles. The molecule has 0 amide bonds. The summed E-state index contributed by atoms with van der Waals surface area (Å²) in [5, 5.41) is 1.01. The first-order valence-electron chi connectivity index (χ1n) is 7.94. The van der Waals surface area contributed by atoms with Crippen LogP contribution in [0.25, 0.3) is 0 Å². The molecule has 1 fully saturated rings. The van der Waals surface area contributed by atoms with Gasteiger partial charge in [-0.2, -0.15) is 0 Å². The molecule has 1 aliphatic heterocycles. The van der Waals surface area contributed by atoms with Crippen molar-refractivity contribution in [3.05, 3.63) is 53.0 Å². The molecule has 1 aromatic heterocycles. The number of ether oxygens (including phenoxy) is 2. The Bertz CT molecular complexity index is 679. The summed E-state index contributed by atoms with van der Waals surface area (Å²) in [5.41, 5.74) is 2.03. The molecule has 0 radical (unpaired) electrons. The van der Waals surface area contributed by atoms with E-state index in [1.807, 2.05) is 13.0 Å². The van der Waals surface area contributed by atoms with Gasteiger partial charge in [-0.15, -0.1) is 0 Å². The fourth-order valence-electron chi connectivity index (χ4n) is 2.90. The first-order chi connectivity index (χ1) is 10.8. The van der Waals surface area contributed by atoms with Crippen LogP contribution in [0.3, 0.4) is 0 Å². The lowest BCUT2D eigenvalue weighted by molar-refractivity contribution is -0.149. The molecule has 1 aliphatic rings. The van der Waals surface area contributed by atoms with Gasteiger partial charge in [0.15, 0.2) is 5.79 Å². The van der Waals surface area contributed by atoms with Crippen LogP contribution in [0.5, 0.6) is 0 Å². The molecule has 3 rings (SSSR count). The smallest absolute Gasteiger partial charge is 0.195 e.